The maximum Gasteiger partial charge on any atom is 0.573 e. The van der Waals surface area contributed by atoms with Crippen LogP contribution < -0.4 is 10.1 Å². The van der Waals surface area contributed by atoms with Gasteiger partial charge in [0.05, 0.1) is 0 Å². The van der Waals surface area contributed by atoms with Crippen molar-refractivity contribution in [3.05, 3.63) is 29.8 Å². The van der Waals surface area contributed by atoms with Gasteiger partial charge >= 0.3 is 6.36 Å². The number of ether oxygens (including phenoxy) is 1. The fourth-order valence-electron chi connectivity index (χ4n) is 2.32. The Morgan fingerprint density at radius 3 is 2.30 bits per heavy atom. The molecule has 0 aromatic heterocycles. The van der Waals surface area contributed by atoms with Crippen molar-refractivity contribution in [2.45, 2.75) is 25.6 Å². The Morgan fingerprint density at radius 1 is 1.13 bits per heavy atom. The predicted octanol–water partition coefficient (Wildman–Crippen LogP) is 2.33. The molecule has 1 aliphatic rings. The van der Waals surface area contributed by atoms with Gasteiger partial charge in [0.15, 0.2) is 0 Å². The molecular formula is C15H17F3N2O3. The third kappa shape index (κ3) is 5.46. The molecule has 1 fully saturated rings. The standard InChI is InChI=1S/C15H17F3N2O3/c16-15(17,18)23-12-5-3-11(4-6-12)14(22)19-8-7-13(21)20-9-1-2-10-20/h3-6H,1-2,7-10H2,(H,19,22). The smallest absolute Gasteiger partial charge is 0.406 e. The zero-order valence-electron chi connectivity index (χ0n) is 12.4. The molecule has 0 radical (unpaired) electrons. The molecule has 0 unspecified atom stereocenters. The fourth-order valence-corrected chi connectivity index (χ4v) is 2.32. The number of nitrogens with zero attached hydrogens (tertiary/aromatic N) is 1. The first-order valence-electron chi connectivity index (χ1n) is 7.27. The highest BCUT2D eigenvalue weighted by Gasteiger charge is 2.31. The van der Waals surface area contributed by atoms with Gasteiger partial charge in [-0.3, -0.25) is 9.59 Å². The van der Waals surface area contributed by atoms with E-state index in [2.05, 4.69) is 10.1 Å². The quantitative estimate of drug-likeness (QED) is 0.901. The number of carbonyl (C=O) groups excluding carboxylic acids is 2. The van der Waals surface area contributed by atoms with E-state index in [0.717, 1.165) is 38.1 Å². The lowest BCUT2D eigenvalue weighted by Crippen LogP contribution is -2.32. The second-order valence-electron chi connectivity index (χ2n) is 5.17. The van der Waals surface area contributed by atoms with E-state index >= 15 is 0 Å². The van der Waals surface area contributed by atoms with Gasteiger partial charge in [-0.1, -0.05) is 0 Å². The number of halogens is 3. The van der Waals surface area contributed by atoms with Crippen LogP contribution in [0.3, 0.4) is 0 Å². The van der Waals surface area contributed by atoms with Crippen LogP contribution >= 0.6 is 0 Å². The fraction of sp³-hybridized carbons (Fsp3) is 0.467. The van der Waals surface area contributed by atoms with Crippen molar-refractivity contribution >= 4 is 11.8 Å². The van der Waals surface area contributed by atoms with Crippen LogP contribution in [0.15, 0.2) is 24.3 Å². The first-order valence-corrected chi connectivity index (χ1v) is 7.27. The minimum atomic E-state index is -4.76. The molecule has 0 aliphatic carbocycles. The molecule has 0 bridgehead atoms. The molecule has 1 N–H and O–H groups in total. The summed E-state index contributed by atoms with van der Waals surface area (Å²) >= 11 is 0. The van der Waals surface area contributed by atoms with Crippen molar-refractivity contribution in [3.8, 4) is 5.75 Å². The zero-order chi connectivity index (χ0) is 16.9. The van der Waals surface area contributed by atoms with Crippen molar-refractivity contribution < 1.29 is 27.5 Å². The number of carbonyl (C=O) groups is 2. The Kier molecular flexibility index (Phi) is 5.46. The number of rotatable bonds is 5. The van der Waals surface area contributed by atoms with Crippen molar-refractivity contribution in [3.63, 3.8) is 0 Å². The van der Waals surface area contributed by atoms with Gasteiger partial charge in [0, 0.05) is 31.6 Å². The molecule has 5 nitrogen and oxygen atoms in total. The summed E-state index contributed by atoms with van der Waals surface area (Å²) in [6, 6.07) is 4.60. The summed E-state index contributed by atoms with van der Waals surface area (Å²) < 4.78 is 39.8. The predicted molar refractivity (Wildman–Crippen MR) is 75.9 cm³/mol. The van der Waals surface area contributed by atoms with E-state index in [4.69, 9.17) is 0 Å². The summed E-state index contributed by atoms with van der Waals surface area (Å²) in [5.41, 5.74) is 0.202. The van der Waals surface area contributed by atoms with E-state index in [9.17, 15) is 22.8 Å². The van der Waals surface area contributed by atoms with Crippen LogP contribution in [0.1, 0.15) is 29.6 Å². The van der Waals surface area contributed by atoms with E-state index < -0.39 is 18.0 Å². The van der Waals surface area contributed by atoms with Crippen LogP contribution in [-0.4, -0.2) is 42.7 Å². The Hall–Kier alpha value is -2.25. The first kappa shape index (κ1) is 17.1. The SMILES string of the molecule is O=C(NCCC(=O)N1CCCC1)c1ccc(OC(F)(F)F)cc1. The molecule has 1 aliphatic heterocycles. The minimum Gasteiger partial charge on any atom is -0.406 e. The monoisotopic (exact) mass is 330 g/mol. The number of hydrogen-bond donors (Lipinski definition) is 1. The average molecular weight is 330 g/mol. The van der Waals surface area contributed by atoms with Crippen molar-refractivity contribution in [1.82, 2.24) is 10.2 Å². The number of likely N-dealkylation sites (tertiary alicyclic amines) is 1. The maximum atomic E-state index is 12.0. The third-order valence-corrected chi connectivity index (χ3v) is 3.43. The van der Waals surface area contributed by atoms with E-state index in [1.165, 1.54) is 12.1 Å². The summed E-state index contributed by atoms with van der Waals surface area (Å²) in [6.45, 7) is 1.70. The topological polar surface area (TPSA) is 58.6 Å². The first-order chi connectivity index (χ1) is 10.8. The molecule has 23 heavy (non-hydrogen) atoms. The third-order valence-electron chi connectivity index (χ3n) is 3.43. The maximum absolute atomic E-state index is 12.0. The molecule has 0 spiro atoms. The number of benzene rings is 1. The molecule has 2 amide bonds. The lowest BCUT2D eigenvalue weighted by atomic mass is 10.2. The van der Waals surface area contributed by atoms with Gasteiger partial charge in [0.1, 0.15) is 5.75 Å². The van der Waals surface area contributed by atoms with Crippen molar-refractivity contribution in [2.24, 2.45) is 0 Å². The molecule has 1 saturated heterocycles. The largest absolute Gasteiger partial charge is 0.573 e. The normalized spacial score (nSPS) is 14.7. The Balaban J connectivity index is 1.78. The van der Waals surface area contributed by atoms with Gasteiger partial charge in [0.2, 0.25) is 5.91 Å². The van der Waals surface area contributed by atoms with Crippen LogP contribution in [-0.2, 0) is 4.79 Å². The zero-order valence-corrected chi connectivity index (χ0v) is 12.4. The highest BCUT2D eigenvalue weighted by Crippen LogP contribution is 2.22. The van der Waals surface area contributed by atoms with E-state index in [0.29, 0.717) is 0 Å². The Morgan fingerprint density at radius 2 is 1.74 bits per heavy atom. The van der Waals surface area contributed by atoms with Crippen LogP contribution in [0.5, 0.6) is 5.75 Å². The molecule has 0 saturated carbocycles. The van der Waals surface area contributed by atoms with Crippen LogP contribution in [0, 0.1) is 0 Å². The van der Waals surface area contributed by atoms with E-state index in [1.54, 1.807) is 4.90 Å². The Labute approximate surface area is 131 Å². The summed E-state index contributed by atoms with van der Waals surface area (Å²) in [5.74, 6) is -0.840. The van der Waals surface area contributed by atoms with Crippen LogP contribution in [0.2, 0.25) is 0 Å². The van der Waals surface area contributed by atoms with E-state index in [-0.39, 0.29) is 24.4 Å². The Bertz CT molecular complexity index is 552. The van der Waals surface area contributed by atoms with Crippen molar-refractivity contribution in [1.29, 1.82) is 0 Å². The summed E-state index contributed by atoms with van der Waals surface area (Å²) in [7, 11) is 0. The summed E-state index contributed by atoms with van der Waals surface area (Å²) in [6.07, 6.45) is -2.55. The van der Waals surface area contributed by atoms with Crippen molar-refractivity contribution in [2.75, 3.05) is 19.6 Å². The lowest BCUT2D eigenvalue weighted by Gasteiger charge is -2.15. The van der Waals surface area contributed by atoms with Gasteiger partial charge in [0.25, 0.3) is 5.91 Å². The minimum absolute atomic E-state index is 0.00303. The van der Waals surface area contributed by atoms with Gasteiger partial charge in [-0.25, -0.2) is 0 Å². The molecule has 1 aromatic carbocycles. The average Bonchev–Trinajstić information content (AvgIpc) is 3.00. The van der Waals surface area contributed by atoms with Gasteiger partial charge in [-0.05, 0) is 37.1 Å². The molecular weight excluding hydrogens is 313 g/mol. The highest BCUT2D eigenvalue weighted by atomic mass is 19.4. The van der Waals surface area contributed by atoms with Crippen LogP contribution in [0.25, 0.3) is 0 Å². The second-order valence-corrected chi connectivity index (χ2v) is 5.17. The van der Waals surface area contributed by atoms with E-state index in [1.807, 2.05) is 0 Å². The molecule has 1 heterocycles. The number of nitrogens with one attached hydrogen (secondary N) is 1. The van der Waals surface area contributed by atoms with Crippen LogP contribution in [0.4, 0.5) is 13.2 Å². The second kappa shape index (κ2) is 7.34. The lowest BCUT2D eigenvalue weighted by molar-refractivity contribution is -0.274. The number of amides is 2. The summed E-state index contributed by atoms with van der Waals surface area (Å²) in [4.78, 5) is 25.4. The molecule has 1 aromatic rings. The molecule has 2 rings (SSSR count). The molecule has 126 valence electrons. The molecule has 8 heteroatoms. The number of alkyl halides is 3. The number of hydrogen-bond acceptors (Lipinski definition) is 3. The highest BCUT2D eigenvalue weighted by molar-refractivity contribution is 5.94. The summed E-state index contributed by atoms with van der Waals surface area (Å²) in [5, 5.41) is 2.57. The van der Waals surface area contributed by atoms with Gasteiger partial charge < -0.3 is 15.0 Å². The van der Waals surface area contributed by atoms with Gasteiger partial charge in [-0.15, -0.1) is 13.2 Å². The molecule has 0 atom stereocenters. The van der Waals surface area contributed by atoms with Gasteiger partial charge in [-0.2, -0.15) is 0 Å².